The fraction of sp³-hybridized carbons (Fsp3) is 0.600. The fourth-order valence-electron chi connectivity index (χ4n) is 1.34. The van der Waals surface area contributed by atoms with Crippen molar-refractivity contribution in [3.05, 3.63) is 20.6 Å². The summed E-state index contributed by atoms with van der Waals surface area (Å²) in [5.74, 6) is 0.810. The average Bonchev–Trinajstić information content (AvgIpc) is 2.22. The van der Waals surface area contributed by atoms with Gasteiger partial charge in [-0.1, -0.05) is 19.1 Å². The minimum atomic E-state index is 0.00324. The highest BCUT2D eigenvalue weighted by molar-refractivity contribution is 9.10. The third-order valence-electron chi connectivity index (χ3n) is 2.10. The number of hydrogen-bond donors (Lipinski definition) is 1. The molecule has 1 heterocycles. The number of halogens is 1. The Hall–Kier alpha value is -0.260. The van der Waals surface area contributed by atoms with Gasteiger partial charge in [-0.15, -0.1) is 0 Å². The highest BCUT2D eigenvalue weighted by Gasteiger charge is 2.13. The second-order valence-electron chi connectivity index (χ2n) is 3.22. The van der Waals surface area contributed by atoms with Crippen LogP contribution in [-0.4, -0.2) is 16.6 Å². The van der Waals surface area contributed by atoms with Crippen LogP contribution < -0.4 is 0 Å². The van der Waals surface area contributed by atoms with Crippen molar-refractivity contribution in [2.45, 2.75) is 33.3 Å². The Labute approximate surface area is 103 Å². The molecule has 0 aromatic carbocycles. The molecule has 0 saturated carbocycles. The summed E-state index contributed by atoms with van der Waals surface area (Å²) in [7, 11) is 0. The lowest BCUT2D eigenvalue weighted by Gasteiger charge is -2.15. The molecule has 0 radical (unpaired) electrons. The Morgan fingerprint density at radius 3 is 2.67 bits per heavy atom. The van der Waals surface area contributed by atoms with E-state index in [1.54, 1.807) is 0 Å². The van der Waals surface area contributed by atoms with Crippen molar-refractivity contribution in [3.8, 4) is 0 Å². The predicted octanol–water partition coefficient (Wildman–Crippen LogP) is 3.70. The van der Waals surface area contributed by atoms with E-state index in [9.17, 15) is 0 Å². The molecule has 1 unspecified atom stereocenters. The highest BCUT2D eigenvalue weighted by atomic mass is 79.9. The number of rotatable bonds is 4. The highest BCUT2D eigenvalue weighted by Crippen LogP contribution is 2.21. The van der Waals surface area contributed by atoms with Crippen molar-refractivity contribution in [1.29, 1.82) is 0 Å². The summed E-state index contributed by atoms with van der Waals surface area (Å²) in [6.45, 7) is 6.68. The molecule has 84 valence electrons. The smallest absolute Gasteiger partial charge is 0.144 e. The van der Waals surface area contributed by atoms with Crippen molar-refractivity contribution in [2.24, 2.45) is 0 Å². The molecular formula is C10H15BrN2OS. The molecule has 1 aromatic rings. The summed E-state index contributed by atoms with van der Waals surface area (Å²) in [5.41, 5.74) is 0.989. The molecule has 1 atom stereocenters. The van der Waals surface area contributed by atoms with Gasteiger partial charge in [-0.25, -0.2) is 4.98 Å². The number of nitrogens with one attached hydrogen (secondary N) is 1. The molecule has 0 aliphatic carbocycles. The van der Waals surface area contributed by atoms with Crippen LogP contribution in [0.1, 0.15) is 37.9 Å². The van der Waals surface area contributed by atoms with Gasteiger partial charge in [0.25, 0.3) is 0 Å². The topological polar surface area (TPSA) is 37.9 Å². The molecule has 0 bridgehead atoms. The van der Waals surface area contributed by atoms with E-state index in [0.29, 0.717) is 11.2 Å². The van der Waals surface area contributed by atoms with Crippen LogP contribution in [0.25, 0.3) is 0 Å². The van der Waals surface area contributed by atoms with Crippen LogP contribution in [-0.2, 0) is 4.74 Å². The van der Waals surface area contributed by atoms with E-state index in [4.69, 9.17) is 17.0 Å². The van der Waals surface area contributed by atoms with Gasteiger partial charge in [0.1, 0.15) is 16.6 Å². The zero-order valence-corrected chi connectivity index (χ0v) is 11.5. The minimum Gasteiger partial charge on any atom is -0.371 e. The van der Waals surface area contributed by atoms with Gasteiger partial charge in [0.15, 0.2) is 0 Å². The van der Waals surface area contributed by atoms with Crippen LogP contribution >= 0.6 is 28.1 Å². The Balaban J connectivity index is 3.09. The summed E-state index contributed by atoms with van der Waals surface area (Å²) in [6, 6.07) is 0. The van der Waals surface area contributed by atoms with Gasteiger partial charge in [0, 0.05) is 12.3 Å². The third-order valence-corrected chi connectivity index (χ3v) is 3.63. The number of H-pyrrole nitrogens is 1. The first-order valence-corrected chi connectivity index (χ1v) is 6.18. The van der Waals surface area contributed by atoms with E-state index < -0.39 is 0 Å². The quantitative estimate of drug-likeness (QED) is 0.860. The van der Waals surface area contributed by atoms with Gasteiger partial charge >= 0.3 is 0 Å². The Morgan fingerprint density at radius 1 is 1.53 bits per heavy atom. The maximum absolute atomic E-state index is 5.57. The standard InChI is InChI=1S/C10H15BrN2OS/c1-4-7(14-5-2)9-12-6(3)8(11)10(15)13-9/h7H,4-5H2,1-3H3,(H,12,13,15). The van der Waals surface area contributed by atoms with Crippen molar-refractivity contribution in [3.63, 3.8) is 0 Å². The lowest BCUT2D eigenvalue weighted by atomic mass is 10.2. The lowest BCUT2D eigenvalue weighted by molar-refractivity contribution is 0.0532. The van der Waals surface area contributed by atoms with Crippen molar-refractivity contribution in [1.82, 2.24) is 9.97 Å². The second-order valence-corrected chi connectivity index (χ2v) is 4.40. The average molecular weight is 291 g/mol. The number of aryl methyl sites for hydroxylation is 1. The summed E-state index contributed by atoms with van der Waals surface area (Å²) in [6.07, 6.45) is 0.885. The van der Waals surface area contributed by atoms with Gasteiger partial charge in [0.05, 0.1) is 4.47 Å². The van der Waals surface area contributed by atoms with Crippen LogP contribution in [0.2, 0.25) is 0 Å². The third kappa shape index (κ3) is 3.09. The first kappa shape index (κ1) is 12.8. The zero-order valence-electron chi connectivity index (χ0n) is 9.13. The monoisotopic (exact) mass is 290 g/mol. The summed E-state index contributed by atoms with van der Waals surface area (Å²) >= 11 is 8.53. The molecule has 0 aliphatic rings. The van der Waals surface area contributed by atoms with Crippen molar-refractivity contribution >= 4 is 28.1 Å². The van der Waals surface area contributed by atoms with E-state index in [1.807, 2.05) is 13.8 Å². The molecule has 5 heteroatoms. The SMILES string of the molecule is CCOC(CC)c1nc(=S)c(Br)c(C)[nH]1. The molecule has 1 aromatic heterocycles. The molecule has 1 rings (SSSR count). The first-order chi connectivity index (χ1) is 7.10. The number of hydrogen-bond acceptors (Lipinski definition) is 3. The zero-order chi connectivity index (χ0) is 11.4. The van der Waals surface area contributed by atoms with Crippen LogP contribution in [0.15, 0.2) is 4.47 Å². The predicted molar refractivity (Wildman–Crippen MR) is 66.5 cm³/mol. The number of nitrogens with zero attached hydrogens (tertiary/aromatic N) is 1. The molecule has 0 fully saturated rings. The largest absolute Gasteiger partial charge is 0.371 e. The van der Waals surface area contributed by atoms with E-state index >= 15 is 0 Å². The molecule has 15 heavy (non-hydrogen) atoms. The van der Waals surface area contributed by atoms with Gasteiger partial charge in [-0.05, 0) is 36.2 Å². The number of aromatic nitrogens is 2. The summed E-state index contributed by atoms with van der Waals surface area (Å²) in [5, 5.41) is 0. The summed E-state index contributed by atoms with van der Waals surface area (Å²) in [4.78, 5) is 7.51. The molecule has 0 spiro atoms. The first-order valence-electron chi connectivity index (χ1n) is 4.98. The summed E-state index contributed by atoms with van der Waals surface area (Å²) < 4.78 is 7.01. The molecular weight excluding hydrogens is 276 g/mol. The Bertz CT molecular complexity index is 391. The maximum Gasteiger partial charge on any atom is 0.144 e. The van der Waals surface area contributed by atoms with Gasteiger partial charge in [-0.2, -0.15) is 0 Å². The lowest BCUT2D eigenvalue weighted by Crippen LogP contribution is -2.09. The molecule has 0 saturated heterocycles. The molecule has 3 nitrogen and oxygen atoms in total. The van der Waals surface area contributed by atoms with Crippen LogP contribution in [0.3, 0.4) is 0 Å². The van der Waals surface area contributed by atoms with Gasteiger partial charge in [0.2, 0.25) is 0 Å². The molecule has 0 aliphatic heterocycles. The second kappa shape index (κ2) is 5.72. The van der Waals surface area contributed by atoms with Gasteiger partial charge in [-0.3, -0.25) is 0 Å². The molecule has 1 N–H and O–H groups in total. The fourth-order valence-corrected chi connectivity index (χ4v) is 1.78. The Morgan fingerprint density at radius 2 is 2.20 bits per heavy atom. The van der Waals surface area contributed by atoms with E-state index in [-0.39, 0.29) is 6.10 Å². The van der Waals surface area contributed by atoms with E-state index in [1.165, 1.54) is 0 Å². The number of ether oxygens (including phenoxy) is 1. The minimum absolute atomic E-state index is 0.00324. The normalized spacial score (nSPS) is 12.8. The van der Waals surface area contributed by atoms with E-state index in [2.05, 4.69) is 32.8 Å². The van der Waals surface area contributed by atoms with Crippen molar-refractivity contribution < 1.29 is 4.74 Å². The molecule has 0 amide bonds. The number of aromatic amines is 1. The van der Waals surface area contributed by atoms with E-state index in [0.717, 1.165) is 22.4 Å². The maximum atomic E-state index is 5.57. The Kier molecular flexibility index (Phi) is 4.89. The van der Waals surface area contributed by atoms with Crippen molar-refractivity contribution in [2.75, 3.05) is 6.61 Å². The van der Waals surface area contributed by atoms with Gasteiger partial charge < -0.3 is 9.72 Å². The van der Waals surface area contributed by atoms with Crippen LogP contribution in [0.5, 0.6) is 0 Å². The van der Waals surface area contributed by atoms with Crippen LogP contribution in [0.4, 0.5) is 0 Å². The van der Waals surface area contributed by atoms with Crippen LogP contribution in [0, 0.1) is 11.6 Å².